The van der Waals surface area contributed by atoms with Crippen molar-refractivity contribution in [3.8, 4) is 6.07 Å². The first-order valence-electron chi connectivity index (χ1n) is 5.73. The molecule has 2 atom stereocenters. The number of carboxylic acid groups (broad SMARTS) is 1. The summed E-state index contributed by atoms with van der Waals surface area (Å²) in [5, 5.41) is 20.2. The van der Waals surface area contributed by atoms with E-state index in [1.54, 1.807) is 27.7 Å². The Morgan fingerprint density at radius 1 is 1.44 bits per heavy atom. The maximum atomic E-state index is 11.8. The zero-order valence-corrected chi connectivity index (χ0v) is 11.5. The molecule has 0 saturated heterocycles. The van der Waals surface area contributed by atoms with Gasteiger partial charge in [0.15, 0.2) is 0 Å². The van der Waals surface area contributed by atoms with E-state index in [1.165, 1.54) is 11.9 Å². The van der Waals surface area contributed by atoms with E-state index in [9.17, 15) is 9.59 Å². The Hall–Kier alpha value is -1.77. The standard InChI is InChI=1S/C12H21N3O3/c1-8(6-13)7-15(5)11(18)14-9(10(16)17)12(2,3)4/h8-9H,7H2,1-5H3,(H,14,18)(H,16,17)/t8?,9-/m1/s1. The molecule has 0 rings (SSSR count). The number of rotatable bonds is 4. The molecule has 6 heteroatoms. The number of urea groups is 1. The Morgan fingerprint density at radius 2 is 1.94 bits per heavy atom. The summed E-state index contributed by atoms with van der Waals surface area (Å²) in [6.07, 6.45) is 0. The van der Waals surface area contributed by atoms with Gasteiger partial charge >= 0.3 is 12.0 Å². The second-order valence-corrected chi connectivity index (χ2v) is 5.50. The Kier molecular flexibility index (Phi) is 5.63. The highest BCUT2D eigenvalue weighted by Crippen LogP contribution is 2.19. The molecule has 1 unspecified atom stereocenters. The minimum atomic E-state index is -1.07. The fourth-order valence-corrected chi connectivity index (χ4v) is 1.42. The number of hydrogen-bond donors (Lipinski definition) is 2. The van der Waals surface area contributed by atoms with E-state index in [0.717, 1.165) is 0 Å². The number of hydrogen-bond acceptors (Lipinski definition) is 3. The van der Waals surface area contributed by atoms with Crippen molar-refractivity contribution < 1.29 is 14.7 Å². The molecule has 0 heterocycles. The predicted molar refractivity (Wildman–Crippen MR) is 66.8 cm³/mol. The monoisotopic (exact) mass is 255 g/mol. The summed E-state index contributed by atoms with van der Waals surface area (Å²) in [4.78, 5) is 24.2. The van der Waals surface area contributed by atoms with E-state index in [4.69, 9.17) is 10.4 Å². The Bertz CT molecular complexity index is 355. The van der Waals surface area contributed by atoms with Crippen molar-refractivity contribution in [2.45, 2.75) is 33.7 Å². The molecule has 6 nitrogen and oxygen atoms in total. The summed E-state index contributed by atoms with van der Waals surface area (Å²) < 4.78 is 0. The van der Waals surface area contributed by atoms with Gasteiger partial charge in [0.05, 0.1) is 12.0 Å². The number of carbonyl (C=O) groups excluding carboxylic acids is 1. The highest BCUT2D eigenvalue weighted by Gasteiger charge is 2.33. The molecule has 0 aliphatic carbocycles. The lowest BCUT2D eigenvalue weighted by Gasteiger charge is -2.30. The van der Waals surface area contributed by atoms with Crippen LogP contribution >= 0.6 is 0 Å². The molecule has 0 aliphatic heterocycles. The molecule has 0 saturated carbocycles. The van der Waals surface area contributed by atoms with Crippen LogP contribution in [0.25, 0.3) is 0 Å². The number of aliphatic carboxylic acids is 1. The minimum Gasteiger partial charge on any atom is -0.480 e. The van der Waals surface area contributed by atoms with Crippen LogP contribution in [0, 0.1) is 22.7 Å². The number of nitrogens with zero attached hydrogens (tertiary/aromatic N) is 2. The molecule has 2 amide bonds. The molecule has 2 N–H and O–H groups in total. The normalized spacial score (nSPS) is 14.2. The van der Waals surface area contributed by atoms with Crippen LogP contribution in [0.3, 0.4) is 0 Å². The lowest BCUT2D eigenvalue weighted by atomic mass is 9.87. The quantitative estimate of drug-likeness (QED) is 0.791. The summed E-state index contributed by atoms with van der Waals surface area (Å²) in [6, 6.07) is 0.565. The van der Waals surface area contributed by atoms with E-state index in [-0.39, 0.29) is 12.5 Å². The van der Waals surface area contributed by atoms with E-state index in [0.29, 0.717) is 0 Å². The third-order valence-corrected chi connectivity index (χ3v) is 2.50. The van der Waals surface area contributed by atoms with Crippen LogP contribution in [-0.2, 0) is 4.79 Å². The molecule has 0 spiro atoms. The van der Waals surface area contributed by atoms with Gasteiger partial charge in [-0.3, -0.25) is 0 Å². The molecule has 0 aromatic carbocycles. The van der Waals surface area contributed by atoms with Crippen LogP contribution in [0.2, 0.25) is 0 Å². The first kappa shape index (κ1) is 16.2. The zero-order chi connectivity index (χ0) is 14.5. The maximum absolute atomic E-state index is 11.8. The summed E-state index contributed by atoms with van der Waals surface area (Å²) in [6.45, 7) is 7.18. The summed E-state index contributed by atoms with van der Waals surface area (Å²) in [7, 11) is 1.53. The van der Waals surface area contributed by atoms with Crippen LogP contribution in [0.5, 0.6) is 0 Å². The minimum absolute atomic E-state index is 0.263. The maximum Gasteiger partial charge on any atom is 0.326 e. The second kappa shape index (κ2) is 6.24. The first-order valence-corrected chi connectivity index (χ1v) is 5.73. The molecule has 0 fully saturated rings. The molecule has 0 bridgehead atoms. The van der Waals surface area contributed by atoms with Gasteiger partial charge in [0, 0.05) is 13.6 Å². The van der Waals surface area contributed by atoms with Gasteiger partial charge in [-0.15, -0.1) is 0 Å². The predicted octanol–water partition coefficient (Wildman–Crippen LogP) is 1.29. The first-order chi connectivity index (χ1) is 8.09. The van der Waals surface area contributed by atoms with Crippen molar-refractivity contribution in [2.75, 3.05) is 13.6 Å². The van der Waals surface area contributed by atoms with Crippen LogP contribution in [-0.4, -0.2) is 41.6 Å². The lowest BCUT2D eigenvalue weighted by molar-refractivity contribution is -0.142. The lowest BCUT2D eigenvalue weighted by Crippen LogP contribution is -2.53. The molecular weight excluding hydrogens is 234 g/mol. The van der Waals surface area contributed by atoms with Crippen LogP contribution < -0.4 is 5.32 Å². The Balaban J connectivity index is 4.63. The van der Waals surface area contributed by atoms with Gasteiger partial charge in [0.25, 0.3) is 0 Å². The van der Waals surface area contributed by atoms with Crippen LogP contribution in [0.4, 0.5) is 4.79 Å². The molecule has 0 radical (unpaired) electrons. The summed E-state index contributed by atoms with van der Waals surface area (Å²) in [5.74, 6) is -1.36. The van der Waals surface area contributed by atoms with Gasteiger partial charge in [-0.2, -0.15) is 5.26 Å². The van der Waals surface area contributed by atoms with Gasteiger partial charge in [0.1, 0.15) is 6.04 Å². The summed E-state index contributed by atoms with van der Waals surface area (Å²) >= 11 is 0. The van der Waals surface area contributed by atoms with Crippen molar-refractivity contribution in [3.63, 3.8) is 0 Å². The highest BCUT2D eigenvalue weighted by molar-refractivity contribution is 5.83. The van der Waals surface area contributed by atoms with Crippen LogP contribution in [0.15, 0.2) is 0 Å². The van der Waals surface area contributed by atoms with Gasteiger partial charge in [-0.25, -0.2) is 9.59 Å². The highest BCUT2D eigenvalue weighted by atomic mass is 16.4. The van der Waals surface area contributed by atoms with Crippen LogP contribution in [0.1, 0.15) is 27.7 Å². The third kappa shape index (κ3) is 5.04. The van der Waals surface area contributed by atoms with Crippen molar-refractivity contribution in [2.24, 2.45) is 11.3 Å². The third-order valence-electron chi connectivity index (χ3n) is 2.50. The molecule has 0 aliphatic rings. The smallest absolute Gasteiger partial charge is 0.326 e. The fourth-order valence-electron chi connectivity index (χ4n) is 1.42. The van der Waals surface area contributed by atoms with Gasteiger partial charge < -0.3 is 15.3 Å². The molecule has 102 valence electrons. The van der Waals surface area contributed by atoms with Crippen molar-refractivity contribution in [3.05, 3.63) is 0 Å². The molecule has 18 heavy (non-hydrogen) atoms. The summed E-state index contributed by atoms with van der Waals surface area (Å²) in [5.41, 5.74) is -0.580. The number of amides is 2. The molecular formula is C12H21N3O3. The average molecular weight is 255 g/mol. The second-order valence-electron chi connectivity index (χ2n) is 5.50. The topological polar surface area (TPSA) is 93.4 Å². The van der Waals surface area contributed by atoms with Crippen molar-refractivity contribution in [1.82, 2.24) is 10.2 Å². The largest absolute Gasteiger partial charge is 0.480 e. The zero-order valence-electron chi connectivity index (χ0n) is 11.5. The molecule has 0 aromatic rings. The van der Waals surface area contributed by atoms with Crippen molar-refractivity contribution in [1.29, 1.82) is 5.26 Å². The number of carboxylic acids is 1. The van der Waals surface area contributed by atoms with E-state index in [1.807, 2.05) is 6.07 Å². The fraction of sp³-hybridized carbons (Fsp3) is 0.750. The molecule has 0 aromatic heterocycles. The Morgan fingerprint density at radius 3 is 2.28 bits per heavy atom. The average Bonchev–Trinajstić information content (AvgIpc) is 2.22. The number of nitrogens with one attached hydrogen (secondary N) is 1. The number of carbonyl (C=O) groups is 2. The van der Waals surface area contributed by atoms with Gasteiger partial charge in [0.2, 0.25) is 0 Å². The van der Waals surface area contributed by atoms with E-state index in [2.05, 4.69) is 5.32 Å². The van der Waals surface area contributed by atoms with Gasteiger partial charge in [-0.1, -0.05) is 20.8 Å². The SMILES string of the molecule is CC(C#N)CN(C)C(=O)N[C@H](C(=O)O)C(C)(C)C. The number of nitriles is 1. The van der Waals surface area contributed by atoms with Crippen molar-refractivity contribution >= 4 is 12.0 Å². The van der Waals surface area contributed by atoms with E-state index >= 15 is 0 Å². The van der Waals surface area contributed by atoms with E-state index < -0.39 is 23.5 Å². The Labute approximate surface area is 108 Å². The van der Waals surface area contributed by atoms with Gasteiger partial charge in [-0.05, 0) is 12.3 Å².